The van der Waals surface area contributed by atoms with Crippen molar-refractivity contribution in [2.24, 2.45) is 0 Å². The summed E-state index contributed by atoms with van der Waals surface area (Å²) >= 11 is 0. The van der Waals surface area contributed by atoms with E-state index in [1.165, 1.54) is 0 Å². The molecule has 0 fully saturated rings. The Bertz CT molecular complexity index is 1010. The zero-order valence-electron chi connectivity index (χ0n) is 16.0. The molecule has 2 N–H and O–H groups in total. The van der Waals surface area contributed by atoms with Gasteiger partial charge < -0.3 is 10.1 Å². The molecule has 0 spiro atoms. The Morgan fingerprint density at radius 1 is 1.14 bits per heavy atom. The van der Waals surface area contributed by atoms with Gasteiger partial charge in [-0.3, -0.25) is 9.78 Å². The van der Waals surface area contributed by atoms with Crippen molar-refractivity contribution in [3.05, 3.63) is 87.3 Å². The highest BCUT2D eigenvalue weighted by molar-refractivity contribution is 5.90. The van der Waals surface area contributed by atoms with Crippen molar-refractivity contribution in [3.63, 3.8) is 0 Å². The summed E-state index contributed by atoms with van der Waals surface area (Å²) in [4.78, 5) is 31.8. The Balaban J connectivity index is 1.78. The predicted octanol–water partition coefficient (Wildman–Crippen LogP) is 3.98. The van der Waals surface area contributed by atoms with Gasteiger partial charge >= 0.3 is 5.97 Å². The second kappa shape index (κ2) is 8.99. The summed E-state index contributed by atoms with van der Waals surface area (Å²) in [7, 11) is 0. The Morgan fingerprint density at radius 3 is 2.64 bits per heavy atom. The van der Waals surface area contributed by atoms with Crippen LogP contribution in [0.4, 0.5) is 11.6 Å². The predicted molar refractivity (Wildman–Crippen MR) is 109 cm³/mol. The van der Waals surface area contributed by atoms with E-state index >= 15 is 0 Å². The number of esters is 1. The maximum absolute atomic E-state index is 12.5. The van der Waals surface area contributed by atoms with Crippen molar-refractivity contribution in [2.75, 3.05) is 11.9 Å². The second-order valence-electron chi connectivity index (χ2n) is 6.48. The number of benzene rings is 2. The summed E-state index contributed by atoms with van der Waals surface area (Å²) in [5.41, 5.74) is 3.25. The zero-order chi connectivity index (χ0) is 19.9. The van der Waals surface area contributed by atoms with Gasteiger partial charge in [-0.2, -0.15) is 0 Å². The van der Waals surface area contributed by atoms with Gasteiger partial charge in [0.05, 0.1) is 17.9 Å². The third-order valence-electron chi connectivity index (χ3n) is 4.24. The molecule has 0 amide bonds. The first-order chi connectivity index (χ1) is 13.6. The van der Waals surface area contributed by atoms with Crippen molar-refractivity contribution in [1.29, 1.82) is 0 Å². The number of hydrogen-bond donors (Lipinski definition) is 2. The number of rotatable bonds is 7. The lowest BCUT2D eigenvalue weighted by Gasteiger charge is -2.10. The number of H-pyrrole nitrogens is 1. The Kier molecular flexibility index (Phi) is 6.22. The average Bonchev–Trinajstić information content (AvgIpc) is 2.70. The number of aromatic amines is 1. The number of nitrogens with zero attached hydrogens (tertiary/aromatic N) is 1. The number of anilines is 2. The number of carbonyl (C=O) groups excluding carboxylic acids is 1. The molecule has 0 bridgehead atoms. The van der Waals surface area contributed by atoms with E-state index in [2.05, 4.69) is 15.3 Å². The molecule has 6 nitrogen and oxygen atoms in total. The first kappa shape index (κ1) is 19.4. The van der Waals surface area contributed by atoms with E-state index in [1.54, 1.807) is 24.3 Å². The van der Waals surface area contributed by atoms with Crippen LogP contribution in [0.2, 0.25) is 0 Å². The molecule has 1 aromatic heterocycles. The lowest BCUT2D eigenvalue weighted by Crippen LogP contribution is -2.18. The van der Waals surface area contributed by atoms with E-state index in [9.17, 15) is 9.59 Å². The van der Waals surface area contributed by atoms with Crippen molar-refractivity contribution in [3.8, 4) is 0 Å². The minimum Gasteiger partial charge on any atom is -0.462 e. The number of carbonyl (C=O) groups is 1. The normalized spacial score (nSPS) is 10.5. The van der Waals surface area contributed by atoms with E-state index in [0.717, 1.165) is 12.0 Å². The van der Waals surface area contributed by atoms with Crippen LogP contribution in [0.15, 0.2) is 59.4 Å². The summed E-state index contributed by atoms with van der Waals surface area (Å²) in [5, 5.41) is 3.05. The van der Waals surface area contributed by atoms with Crippen molar-refractivity contribution in [2.45, 2.75) is 26.7 Å². The van der Waals surface area contributed by atoms with E-state index in [-0.39, 0.29) is 11.5 Å². The van der Waals surface area contributed by atoms with Crippen molar-refractivity contribution in [1.82, 2.24) is 9.97 Å². The van der Waals surface area contributed by atoms with Crippen LogP contribution < -0.4 is 10.9 Å². The molecule has 0 radical (unpaired) electrons. The summed E-state index contributed by atoms with van der Waals surface area (Å²) in [6.07, 6.45) is 1.29. The van der Waals surface area contributed by atoms with Gasteiger partial charge in [-0.05, 0) is 37.1 Å². The first-order valence-electron chi connectivity index (χ1n) is 9.24. The molecule has 0 aliphatic rings. The molecule has 144 valence electrons. The largest absolute Gasteiger partial charge is 0.462 e. The summed E-state index contributed by atoms with van der Waals surface area (Å²) in [5.74, 6) is -0.0419. The molecule has 0 unspecified atom stereocenters. The molecule has 0 aliphatic heterocycles. The minimum atomic E-state index is -0.374. The maximum Gasteiger partial charge on any atom is 0.338 e. The Labute approximate surface area is 163 Å². The van der Waals surface area contributed by atoms with Crippen molar-refractivity contribution < 1.29 is 9.53 Å². The van der Waals surface area contributed by atoms with Gasteiger partial charge in [0.1, 0.15) is 0 Å². The molecule has 6 heteroatoms. The van der Waals surface area contributed by atoms with Crippen LogP contribution in [0.25, 0.3) is 0 Å². The molecule has 1 heterocycles. The third-order valence-corrected chi connectivity index (χ3v) is 4.24. The number of hydrogen-bond acceptors (Lipinski definition) is 5. The number of aromatic nitrogens is 2. The highest BCUT2D eigenvalue weighted by Gasteiger charge is 2.11. The summed E-state index contributed by atoms with van der Waals surface area (Å²) < 4.78 is 5.15. The van der Waals surface area contributed by atoms with E-state index in [1.807, 2.05) is 44.2 Å². The van der Waals surface area contributed by atoms with E-state index in [0.29, 0.717) is 41.5 Å². The fraction of sp³-hybridized carbons (Fsp3) is 0.227. The van der Waals surface area contributed by atoms with Crippen molar-refractivity contribution >= 4 is 17.6 Å². The fourth-order valence-corrected chi connectivity index (χ4v) is 2.82. The highest BCUT2D eigenvalue weighted by atomic mass is 16.5. The molecule has 0 atom stereocenters. The smallest absolute Gasteiger partial charge is 0.338 e. The van der Waals surface area contributed by atoms with E-state index < -0.39 is 0 Å². The molecule has 28 heavy (non-hydrogen) atoms. The molecular formula is C22H23N3O3. The monoisotopic (exact) mass is 377 g/mol. The highest BCUT2D eigenvalue weighted by Crippen LogP contribution is 2.16. The first-order valence-corrected chi connectivity index (χ1v) is 9.24. The molecule has 3 aromatic rings. The van der Waals surface area contributed by atoms with Crippen LogP contribution in [0.5, 0.6) is 0 Å². The second-order valence-corrected chi connectivity index (χ2v) is 6.48. The lowest BCUT2D eigenvalue weighted by molar-refractivity contribution is 0.0505. The standard InChI is InChI=1S/C22H23N3O3/c1-3-12-28-21(27)17-10-7-11-18(14-17)24-22-23-15(2)19(20(26)25-22)13-16-8-5-4-6-9-16/h4-11,14H,3,12-13H2,1-2H3,(H2,23,24,25,26). The molecule has 3 rings (SSSR count). The van der Waals surface area contributed by atoms with E-state index in [4.69, 9.17) is 4.74 Å². The quantitative estimate of drug-likeness (QED) is 0.609. The van der Waals surface area contributed by atoms with Crippen LogP contribution >= 0.6 is 0 Å². The lowest BCUT2D eigenvalue weighted by atomic mass is 10.1. The van der Waals surface area contributed by atoms with Gasteiger partial charge in [-0.1, -0.05) is 43.3 Å². The van der Waals surface area contributed by atoms with Crippen LogP contribution in [0.3, 0.4) is 0 Å². The van der Waals surface area contributed by atoms with Crippen LogP contribution in [0.1, 0.15) is 40.5 Å². The maximum atomic E-state index is 12.5. The molecule has 0 aliphatic carbocycles. The number of nitrogens with one attached hydrogen (secondary N) is 2. The SMILES string of the molecule is CCCOC(=O)c1cccc(Nc2nc(C)c(Cc3ccccc3)c(=O)[nH]2)c1. The Morgan fingerprint density at radius 2 is 1.93 bits per heavy atom. The van der Waals surface area contributed by atoms with Gasteiger partial charge in [0.15, 0.2) is 0 Å². The van der Waals surface area contributed by atoms with Gasteiger partial charge in [0, 0.05) is 17.7 Å². The van der Waals surface area contributed by atoms with Crippen LogP contribution in [0, 0.1) is 6.92 Å². The summed E-state index contributed by atoms with van der Waals surface area (Å²) in [6, 6.07) is 16.7. The molecule has 0 saturated carbocycles. The molecular weight excluding hydrogens is 354 g/mol. The number of ether oxygens (including phenoxy) is 1. The minimum absolute atomic E-state index is 0.183. The van der Waals surface area contributed by atoms with Crippen LogP contribution in [-0.2, 0) is 11.2 Å². The Hall–Kier alpha value is -3.41. The van der Waals surface area contributed by atoms with Gasteiger partial charge in [-0.15, -0.1) is 0 Å². The van der Waals surface area contributed by atoms with Gasteiger partial charge in [0.25, 0.3) is 5.56 Å². The topological polar surface area (TPSA) is 84.1 Å². The fourth-order valence-electron chi connectivity index (χ4n) is 2.82. The van der Waals surface area contributed by atoms with Crippen LogP contribution in [-0.4, -0.2) is 22.5 Å². The van der Waals surface area contributed by atoms with Gasteiger partial charge in [-0.25, -0.2) is 9.78 Å². The summed E-state index contributed by atoms with van der Waals surface area (Å²) in [6.45, 7) is 4.14. The zero-order valence-corrected chi connectivity index (χ0v) is 16.0. The third kappa shape index (κ3) is 4.85. The molecule has 0 saturated heterocycles. The van der Waals surface area contributed by atoms with Gasteiger partial charge in [0.2, 0.25) is 5.95 Å². The molecule has 2 aromatic carbocycles. The average molecular weight is 377 g/mol. The number of aryl methyl sites for hydroxylation is 1.